The zero-order valence-electron chi connectivity index (χ0n) is 16.0. The first-order chi connectivity index (χ1) is 13.5. The number of carboxylic acid groups (broad SMARTS) is 1. The number of esters is 1. The molecule has 2 fully saturated rings. The van der Waals surface area contributed by atoms with E-state index < -0.39 is 5.97 Å². The lowest BCUT2D eigenvalue weighted by Gasteiger charge is -2.32. The molecule has 4 atom stereocenters. The van der Waals surface area contributed by atoms with E-state index in [4.69, 9.17) is 14.6 Å². The smallest absolute Gasteiger partial charge is 0.341 e. The van der Waals surface area contributed by atoms with Crippen molar-refractivity contribution in [1.82, 2.24) is 0 Å². The van der Waals surface area contributed by atoms with Gasteiger partial charge in [-0.1, -0.05) is 12.1 Å². The molecule has 0 amide bonds. The lowest BCUT2D eigenvalue weighted by atomic mass is 9.73. The highest BCUT2D eigenvalue weighted by atomic mass is 16.5. The molecule has 0 aliphatic heterocycles. The number of aliphatic hydroxyl groups excluding tert-OH is 1. The van der Waals surface area contributed by atoms with Crippen LogP contribution in [0, 0.1) is 23.7 Å². The summed E-state index contributed by atoms with van der Waals surface area (Å²) in [5.41, 5.74) is 2.29. The maximum atomic E-state index is 11.6. The van der Waals surface area contributed by atoms with Crippen molar-refractivity contribution in [2.75, 3.05) is 13.2 Å². The van der Waals surface area contributed by atoms with Gasteiger partial charge in [-0.15, -0.1) is 0 Å². The summed E-state index contributed by atoms with van der Waals surface area (Å²) in [7, 11) is 0. The van der Waals surface area contributed by atoms with E-state index >= 15 is 0 Å². The van der Waals surface area contributed by atoms with Gasteiger partial charge in [-0.3, -0.25) is 4.79 Å². The standard InChI is InChI=1S/C22H28O6/c23-19-11-15-10-18-14(3-1-5-20(18)28-12-21(24)25)9-17(15)16(19)4-2-8-27-22(26)13-6-7-13/h1,3,5,13,15-17,19,23H,2,4,6-12H2,(H,24,25)/t15-,16+,17-,19+/m0/s1. The molecular weight excluding hydrogens is 360 g/mol. The predicted molar refractivity (Wildman–Crippen MR) is 101 cm³/mol. The van der Waals surface area contributed by atoms with Crippen molar-refractivity contribution >= 4 is 11.9 Å². The Balaban J connectivity index is 1.36. The highest BCUT2D eigenvalue weighted by Gasteiger charge is 2.44. The molecule has 0 bridgehead atoms. The van der Waals surface area contributed by atoms with Crippen LogP contribution in [0.3, 0.4) is 0 Å². The monoisotopic (exact) mass is 388 g/mol. The molecule has 28 heavy (non-hydrogen) atoms. The molecule has 4 rings (SSSR count). The molecule has 6 nitrogen and oxygen atoms in total. The Morgan fingerprint density at radius 3 is 2.75 bits per heavy atom. The van der Waals surface area contributed by atoms with E-state index in [9.17, 15) is 14.7 Å². The molecule has 152 valence electrons. The van der Waals surface area contributed by atoms with Gasteiger partial charge in [-0.25, -0.2) is 4.79 Å². The van der Waals surface area contributed by atoms with E-state index in [1.54, 1.807) is 0 Å². The van der Waals surface area contributed by atoms with Crippen LogP contribution in [0.4, 0.5) is 0 Å². The number of hydrogen-bond donors (Lipinski definition) is 2. The van der Waals surface area contributed by atoms with Gasteiger partial charge in [-0.05, 0) is 79.9 Å². The molecule has 3 aliphatic rings. The lowest BCUT2D eigenvalue weighted by molar-refractivity contribution is -0.145. The predicted octanol–water partition coefficient (Wildman–Crippen LogP) is 2.60. The van der Waals surface area contributed by atoms with Gasteiger partial charge in [0.05, 0.1) is 18.6 Å². The third kappa shape index (κ3) is 4.17. The van der Waals surface area contributed by atoms with Crippen molar-refractivity contribution in [1.29, 1.82) is 0 Å². The van der Waals surface area contributed by atoms with Crippen molar-refractivity contribution in [2.24, 2.45) is 23.7 Å². The van der Waals surface area contributed by atoms with Gasteiger partial charge in [0, 0.05) is 0 Å². The molecule has 0 radical (unpaired) electrons. The Morgan fingerprint density at radius 1 is 1.18 bits per heavy atom. The normalized spacial score (nSPS) is 28.3. The van der Waals surface area contributed by atoms with E-state index in [0.717, 1.165) is 50.5 Å². The number of benzene rings is 1. The zero-order chi connectivity index (χ0) is 19.7. The molecule has 0 heterocycles. The number of fused-ring (bicyclic) bond motifs is 2. The topological polar surface area (TPSA) is 93.1 Å². The fraction of sp³-hybridized carbons (Fsp3) is 0.636. The summed E-state index contributed by atoms with van der Waals surface area (Å²) in [5, 5.41) is 19.5. The average Bonchev–Trinajstić information content (AvgIpc) is 3.47. The number of hydrogen-bond acceptors (Lipinski definition) is 5. The largest absolute Gasteiger partial charge is 0.482 e. The van der Waals surface area contributed by atoms with E-state index in [2.05, 4.69) is 6.07 Å². The minimum Gasteiger partial charge on any atom is -0.482 e. The van der Waals surface area contributed by atoms with E-state index in [-0.39, 0.29) is 30.5 Å². The van der Waals surface area contributed by atoms with Gasteiger partial charge >= 0.3 is 11.9 Å². The SMILES string of the molecule is O=C(O)COc1cccc2c1C[C@H]1C[C@@H](O)[C@H](CCCOC(=O)C3CC3)[C@H]1C2. The van der Waals surface area contributed by atoms with Crippen LogP contribution in [0.15, 0.2) is 18.2 Å². The zero-order valence-corrected chi connectivity index (χ0v) is 16.0. The van der Waals surface area contributed by atoms with Crippen molar-refractivity contribution in [3.05, 3.63) is 29.3 Å². The first-order valence-corrected chi connectivity index (χ1v) is 10.3. The third-order valence-electron chi connectivity index (χ3n) is 6.53. The average molecular weight is 388 g/mol. The first-order valence-electron chi connectivity index (χ1n) is 10.3. The minimum absolute atomic E-state index is 0.0645. The summed E-state index contributed by atoms with van der Waals surface area (Å²) in [4.78, 5) is 22.5. The summed E-state index contributed by atoms with van der Waals surface area (Å²) < 4.78 is 10.8. The van der Waals surface area contributed by atoms with Crippen LogP contribution in [0.5, 0.6) is 5.75 Å². The maximum absolute atomic E-state index is 11.6. The molecule has 0 aromatic heterocycles. The van der Waals surface area contributed by atoms with Gasteiger partial charge in [-0.2, -0.15) is 0 Å². The highest BCUT2D eigenvalue weighted by molar-refractivity contribution is 5.74. The molecule has 1 aromatic rings. The van der Waals surface area contributed by atoms with Crippen LogP contribution >= 0.6 is 0 Å². The summed E-state index contributed by atoms with van der Waals surface area (Å²) in [6, 6.07) is 5.82. The summed E-state index contributed by atoms with van der Waals surface area (Å²) in [6.07, 6.45) is 5.72. The number of carbonyl (C=O) groups excluding carboxylic acids is 1. The fourth-order valence-corrected chi connectivity index (χ4v) is 5.01. The second-order valence-corrected chi connectivity index (χ2v) is 8.46. The Bertz CT molecular complexity index is 741. The molecule has 0 spiro atoms. The van der Waals surface area contributed by atoms with Crippen LogP contribution in [0.1, 0.15) is 43.2 Å². The maximum Gasteiger partial charge on any atom is 0.341 e. The Kier molecular flexibility index (Phi) is 5.58. The molecule has 2 saturated carbocycles. The number of ether oxygens (including phenoxy) is 2. The van der Waals surface area contributed by atoms with Gasteiger partial charge in [0.1, 0.15) is 5.75 Å². The quantitative estimate of drug-likeness (QED) is 0.525. The van der Waals surface area contributed by atoms with Gasteiger partial charge in [0.15, 0.2) is 6.61 Å². The van der Waals surface area contributed by atoms with E-state index in [1.165, 1.54) is 5.56 Å². The van der Waals surface area contributed by atoms with Crippen LogP contribution in [-0.4, -0.2) is 41.5 Å². The van der Waals surface area contributed by atoms with Crippen LogP contribution in [0.2, 0.25) is 0 Å². The summed E-state index contributed by atoms with van der Waals surface area (Å²) in [5.74, 6) is 0.765. The molecular formula is C22H28O6. The number of carboxylic acids is 1. The second kappa shape index (κ2) is 8.11. The van der Waals surface area contributed by atoms with Crippen molar-refractivity contribution in [3.63, 3.8) is 0 Å². The van der Waals surface area contributed by atoms with Crippen LogP contribution in [-0.2, 0) is 27.2 Å². The summed E-state index contributed by atoms with van der Waals surface area (Å²) in [6.45, 7) is 0.106. The van der Waals surface area contributed by atoms with Crippen molar-refractivity contribution < 1.29 is 29.3 Å². The van der Waals surface area contributed by atoms with Gasteiger partial charge in [0.25, 0.3) is 0 Å². The minimum atomic E-state index is -0.981. The third-order valence-corrected chi connectivity index (χ3v) is 6.53. The summed E-state index contributed by atoms with van der Waals surface area (Å²) >= 11 is 0. The molecule has 3 aliphatic carbocycles. The Morgan fingerprint density at radius 2 is 2.00 bits per heavy atom. The lowest BCUT2D eigenvalue weighted by Crippen LogP contribution is -2.27. The van der Waals surface area contributed by atoms with E-state index in [1.807, 2.05) is 12.1 Å². The first kappa shape index (κ1) is 19.2. The molecule has 1 aromatic carbocycles. The molecule has 6 heteroatoms. The van der Waals surface area contributed by atoms with Crippen LogP contribution < -0.4 is 4.74 Å². The number of rotatable bonds is 8. The van der Waals surface area contributed by atoms with Gasteiger partial charge < -0.3 is 19.7 Å². The van der Waals surface area contributed by atoms with E-state index in [0.29, 0.717) is 24.2 Å². The number of carbonyl (C=O) groups is 2. The van der Waals surface area contributed by atoms with Crippen LogP contribution in [0.25, 0.3) is 0 Å². The molecule has 0 saturated heterocycles. The van der Waals surface area contributed by atoms with Gasteiger partial charge in [0.2, 0.25) is 0 Å². The fourth-order valence-electron chi connectivity index (χ4n) is 5.01. The molecule has 2 N–H and O–H groups in total. The molecule has 0 unspecified atom stereocenters. The second-order valence-electron chi connectivity index (χ2n) is 8.46. The Labute approximate surface area is 164 Å². The highest BCUT2D eigenvalue weighted by Crippen LogP contribution is 2.48. The Hall–Kier alpha value is -2.08. The number of aliphatic carboxylic acids is 1. The van der Waals surface area contributed by atoms with Crippen molar-refractivity contribution in [2.45, 2.75) is 51.0 Å². The number of aliphatic hydroxyl groups is 1. The van der Waals surface area contributed by atoms with Crippen molar-refractivity contribution in [3.8, 4) is 5.75 Å².